The number of hydrogen-bond donors (Lipinski definition) is 1. The number of rotatable bonds is 5. The molecule has 134 valence electrons. The molecule has 1 N–H and O–H groups in total. The standard InChI is InChI=1S/C19H20N4O2S/c1-13-5-4-6-15(17(13)19(24)23-8-2-3-9-23)20-11-16-21-18(25-22-16)14-7-10-26-12-14/h4-7,10,12,20H,2-3,8-9,11H2,1H3. The van der Waals surface area contributed by atoms with E-state index in [9.17, 15) is 4.79 Å². The van der Waals surface area contributed by atoms with Crippen LogP contribution in [0, 0.1) is 6.92 Å². The topological polar surface area (TPSA) is 71.3 Å². The molecule has 1 saturated heterocycles. The van der Waals surface area contributed by atoms with Gasteiger partial charge in [0.2, 0.25) is 0 Å². The molecule has 26 heavy (non-hydrogen) atoms. The van der Waals surface area contributed by atoms with Crippen molar-refractivity contribution in [3.05, 3.63) is 52.0 Å². The van der Waals surface area contributed by atoms with Crippen molar-refractivity contribution >= 4 is 22.9 Å². The average Bonchev–Trinajstić information content (AvgIpc) is 3.41. The minimum atomic E-state index is 0.0928. The molecule has 0 aliphatic carbocycles. The summed E-state index contributed by atoms with van der Waals surface area (Å²) in [7, 11) is 0. The molecule has 6 nitrogen and oxygen atoms in total. The van der Waals surface area contributed by atoms with Gasteiger partial charge >= 0.3 is 0 Å². The van der Waals surface area contributed by atoms with E-state index in [1.807, 2.05) is 46.8 Å². The van der Waals surface area contributed by atoms with E-state index in [2.05, 4.69) is 15.5 Å². The smallest absolute Gasteiger partial charge is 0.258 e. The number of nitrogens with zero attached hydrogens (tertiary/aromatic N) is 3. The first-order valence-corrected chi connectivity index (χ1v) is 9.64. The Balaban J connectivity index is 1.51. The van der Waals surface area contributed by atoms with Crippen LogP contribution in [0.1, 0.15) is 34.6 Å². The Morgan fingerprint density at radius 3 is 2.92 bits per heavy atom. The molecule has 1 aliphatic rings. The Labute approximate surface area is 155 Å². The van der Waals surface area contributed by atoms with Gasteiger partial charge in [0.15, 0.2) is 5.82 Å². The fourth-order valence-electron chi connectivity index (χ4n) is 3.18. The van der Waals surface area contributed by atoms with Crippen molar-refractivity contribution < 1.29 is 9.32 Å². The SMILES string of the molecule is Cc1cccc(NCc2noc(-c3ccsc3)n2)c1C(=O)N1CCCC1. The van der Waals surface area contributed by atoms with E-state index in [-0.39, 0.29) is 5.91 Å². The fourth-order valence-corrected chi connectivity index (χ4v) is 3.81. The number of likely N-dealkylation sites (tertiary alicyclic amines) is 1. The summed E-state index contributed by atoms with van der Waals surface area (Å²) < 4.78 is 5.31. The summed E-state index contributed by atoms with van der Waals surface area (Å²) in [6.07, 6.45) is 2.16. The summed E-state index contributed by atoms with van der Waals surface area (Å²) in [5, 5.41) is 11.3. The normalized spacial score (nSPS) is 14.0. The fraction of sp³-hybridized carbons (Fsp3) is 0.316. The molecule has 0 unspecified atom stereocenters. The van der Waals surface area contributed by atoms with Crippen LogP contribution in [0.4, 0.5) is 5.69 Å². The molecule has 3 heterocycles. The number of carbonyl (C=O) groups excluding carboxylic acids is 1. The van der Waals surface area contributed by atoms with Crippen LogP contribution in [0.25, 0.3) is 11.5 Å². The molecular weight excluding hydrogens is 348 g/mol. The molecule has 0 spiro atoms. The van der Waals surface area contributed by atoms with E-state index in [4.69, 9.17) is 4.52 Å². The van der Waals surface area contributed by atoms with Gasteiger partial charge in [0.1, 0.15) is 0 Å². The number of aryl methyl sites for hydroxylation is 1. The van der Waals surface area contributed by atoms with Crippen LogP contribution in [0.3, 0.4) is 0 Å². The Bertz CT molecular complexity index is 898. The van der Waals surface area contributed by atoms with Crippen LogP contribution >= 0.6 is 11.3 Å². The van der Waals surface area contributed by atoms with Crippen molar-refractivity contribution in [1.29, 1.82) is 0 Å². The first kappa shape index (κ1) is 16.8. The highest BCUT2D eigenvalue weighted by Crippen LogP contribution is 2.25. The van der Waals surface area contributed by atoms with Crippen molar-refractivity contribution in [2.75, 3.05) is 18.4 Å². The van der Waals surface area contributed by atoms with Gasteiger partial charge in [-0.3, -0.25) is 4.79 Å². The number of nitrogens with one attached hydrogen (secondary N) is 1. The molecule has 2 aromatic heterocycles. The van der Waals surface area contributed by atoms with E-state index in [1.165, 1.54) is 0 Å². The quantitative estimate of drug-likeness (QED) is 0.738. The Morgan fingerprint density at radius 1 is 1.31 bits per heavy atom. The molecular formula is C19H20N4O2S. The lowest BCUT2D eigenvalue weighted by Gasteiger charge is -2.19. The number of anilines is 1. The number of benzene rings is 1. The van der Waals surface area contributed by atoms with Crippen LogP contribution < -0.4 is 5.32 Å². The highest BCUT2D eigenvalue weighted by Gasteiger charge is 2.23. The Hall–Kier alpha value is -2.67. The van der Waals surface area contributed by atoms with Crippen LogP contribution in [-0.4, -0.2) is 34.0 Å². The lowest BCUT2D eigenvalue weighted by atomic mass is 10.0. The summed E-state index contributed by atoms with van der Waals surface area (Å²) in [5.74, 6) is 1.17. The summed E-state index contributed by atoms with van der Waals surface area (Å²) in [6.45, 7) is 4.04. The molecule has 3 aromatic rings. The molecule has 0 atom stereocenters. The van der Waals surface area contributed by atoms with E-state index in [1.54, 1.807) is 11.3 Å². The zero-order valence-electron chi connectivity index (χ0n) is 14.6. The number of hydrogen-bond acceptors (Lipinski definition) is 6. The van der Waals surface area contributed by atoms with Crippen LogP contribution in [0.2, 0.25) is 0 Å². The van der Waals surface area contributed by atoms with Gasteiger partial charge in [-0.2, -0.15) is 16.3 Å². The molecule has 1 fully saturated rings. The van der Waals surface area contributed by atoms with Crippen molar-refractivity contribution in [3.63, 3.8) is 0 Å². The van der Waals surface area contributed by atoms with Gasteiger partial charge in [-0.25, -0.2) is 0 Å². The molecule has 1 aliphatic heterocycles. The lowest BCUT2D eigenvalue weighted by Crippen LogP contribution is -2.29. The highest BCUT2D eigenvalue weighted by atomic mass is 32.1. The third-order valence-electron chi connectivity index (χ3n) is 4.55. The maximum absolute atomic E-state index is 12.9. The highest BCUT2D eigenvalue weighted by molar-refractivity contribution is 7.08. The number of thiophene rings is 1. The minimum absolute atomic E-state index is 0.0928. The van der Waals surface area contributed by atoms with Crippen molar-refractivity contribution in [2.24, 2.45) is 0 Å². The number of amides is 1. The van der Waals surface area contributed by atoms with E-state index < -0.39 is 0 Å². The van der Waals surface area contributed by atoms with Gasteiger partial charge in [0.05, 0.1) is 17.7 Å². The molecule has 1 amide bonds. The van der Waals surface area contributed by atoms with Gasteiger partial charge in [-0.1, -0.05) is 17.3 Å². The first-order chi connectivity index (χ1) is 12.7. The first-order valence-electron chi connectivity index (χ1n) is 8.70. The summed E-state index contributed by atoms with van der Waals surface area (Å²) in [4.78, 5) is 19.2. The lowest BCUT2D eigenvalue weighted by molar-refractivity contribution is 0.0793. The zero-order valence-corrected chi connectivity index (χ0v) is 15.4. The average molecular weight is 368 g/mol. The Morgan fingerprint density at radius 2 is 2.15 bits per heavy atom. The zero-order chi connectivity index (χ0) is 17.9. The van der Waals surface area contributed by atoms with Crippen LogP contribution in [0.15, 0.2) is 39.5 Å². The second-order valence-electron chi connectivity index (χ2n) is 6.38. The molecule has 0 radical (unpaired) electrons. The third kappa shape index (κ3) is 3.35. The van der Waals surface area contributed by atoms with Gasteiger partial charge in [0.25, 0.3) is 11.8 Å². The van der Waals surface area contributed by atoms with Gasteiger partial charge in [0, 0.05) is 24.2 Å². The van der Waals surface area contributed by atoms with Crippen molar-refractivity contribution in [3.8, 4) is 11.5 Å². The van der Waals surface area contributed by atoms with Gasteiger partial charge < -0.3 is 14.7 Å². The molecule has 7 heteroatoms. The molecule has 0 saturated carbocycles. The predicted molar refractivity (Wildman–Crippen MR) is 101 cm³/mol. The van der Waals surface area contributed by atoms with Crippen molar-refractivity contribution in [2.45, 2.75) is 26.3 Å². The summed E-state index contributed by atoms with van der Waals surface area (Å²) in [6, 6.07) is 7.79. The Kier molecular flexibility index (Phi) is 4.71. The number of aromatic nitrogens is 2. The van der Waals surface area contributed by atoms with E-state index in [0.29, 0.717) is 18.3 Å². The maximum atomic E-state index is 12.9. The molecule has 0 bridgehead atoms. The second-order valence-corrected chi connectivity index (χ2v) is 7.16. The van der Waals surface area contributed by atoms with Gasteiger partial charge in [-0.05, 0) is 42.8 Å². The minimum Gasteiger partial charge on any atom is -0.377 e. The maximum Gasteiger partial charge on any atom is 0.258 e. The number of carbonyl (C=O) groups is 1. The monoisotopic (exact) mass is 368 g/mol. The van der Waals surface area contributed by atoms with E-state index >= 15 is 0 Å². The summed E-state index contributed by atoms with van der Waals surface area (Å²) in [5.41, 5.74) is 3.44. The second kappa shape index (κ2) is 7.29. The predicted octanol–water partition coefficient (Wildman–Crippen LogP) is 3.95. The van der Waals surface area contributed by atoms with Gasteiger partial charge in [-0.15, -0.1) is 0 Å². The van der Waals surface area contributed by atoms with Crippen LogP contribution in [0.5, 0.6) is 0 Å². The van der Waals surface area contributed by atoms with Crippen LogP contribution in [-0.2, 0) is 6.54 Å². The van der Waals surface area contributed by atoms with Crippen molar-refractivity contribution in [1.82, 2.24) is 15.0 Å². The third-order valence-corrected chi connectivity index (χ3v) is 5.24. The molecule has 1 aromatic carbocycles. The van der Waals surface area contributed by atoms with E-state index in [0.717, 1.165) is 48.3 Å². The molecule has 4 rings (SSSR count). The largest absolute Gasteiger partial charge is 0.377 e. The summed E-state index contributed by atoms with van der Waals surface area (Å²) >= 11 is 1.59.